The van der Waals surface area contributed by atoms with Gasteiger partial charge in [0.15, 0.2) is 5.76 Å². The van der Waals surface area contributed by atoms with Crippen molar-refractivity contribution in [1.82, 2.24) is 10.2 Å². The second-order valence-corrected chi connectivity index (χ2v) is 5.55. The molecule has 2 amide bonds. The Bertz CT molecular complexity index is 588. The fourth-order valence-electron chi connectivity index (χ4n) is 2.69. The van der Waals surface area contributed by atoms with E-state index in [0.717, 1.165) is 5.56 Å². The van der Waals surface area contributed by atoms with E-state index in [4.69, 9.17) is 4.42 Å². The van der Waals surface area contributed by atoms with Crippen LogP contribution in [-0.4, -0.2) is 47.4 Å². The van der Waals surface area contributed by atoms with E-state index in [0.29, 0.717) is 12.2 Å². The van der Waals surface area contributed by atoms with E-state index in [1.165, 1.54) is 11.9 Å². The summed E-state index contributed by atoms with van der Waals surface area (Å²) in [6, 6.07) is 0.666. The molecule has 0 bridgehead atoms. The molecule has 7 nitrogen and oxygen atoms in total. The summed E-state index contributed by atoms with van der Waals surface area (Å²) in [5.41, 5.74) is 0.829. The molecular formula is C15H20N2O5. The van der Waals surface area contributed by atoms with Crippen LogP contribution in [0.4, 0.5) is 0 Å². The van der Waals surface area contributed by atoms with Gasteiger partial charge in [-0.15, -0.1) is 0 Å². The molecule has 1 aliphatic rings. The zero-order chi connectivity index (χ0) is 16.4. The zero-order valence-electron chi connectivity index (χ0n) is 12.9. The number of aryl methyl sites for hydroxylation is 2. The molecule has 0 radical (unpaired) electrons. The Morgan fingerprint density at radius 3 is 2.50 bits per heavy atom. The van der Waals surface area contributed by atoms with Gasteiger partial charge in [0, 0.05) is 13.6 Å². The summed E-state index contributed by atoms with van der Waals surface area (Å²) in [4.78, 5) is 37.0. The van der Waals surface area contributed by atoms with E-state index in [9.17, 15) is 19.5 Å². The maximum Gasteiger partial charge on any atom is 0.326 e. The van der Waals surface area contributed by atoms with E-state index in [1.54, 1.807) is 13.0 Å². The van der Waals surface area contributed by atoms with Crippen LogP contribution in [0.5, 0.6) is 0 Å². The number of amides is 2. The first-order valence-electron chi connectivity index (χ1n) is 7.17. The van der Waals surface area contributed by atoms with Crippen molar-refractivity contribution in [1.29, 1.82) is 0 Å². The summed E-state index contributed by atoms with van der Waals surface area (Å²) in [5, 5.41) is 11.9. The van der Waals surface area contributed by atoms with Crippen molar-refractivity contribution in [3.63, 3.8) is 0 Å². The van der Waals surface area contributed by atoms with Crippen LogP contribution in [0.3, 0.4) is 0 Å². The predicted octanol–water partition coefficient (Wildman–Crippen LogP) is 0.948. The van der Waals surface area contributed by atoms with Crippen LogP contribution in [0.1, 0.15) is 34.7 Å². The Kier molecular flexibility index (Phi) is 4.54. The number of aliphatic carboxylic acids is 1. The van der Waals surface area contributed by atoms with Gasteiger partial charge < -0.3 is 19.7 Å². The average Bonchev–Trinajstić information content (AvgIpc) is 2.84. The second-order valence-electron chi connectivity index (χ2n) is 5.55. The Labute approximate surface area is 128 Å². The van der Waals surface area contributed by atoms with Crippen molar-refractivity contribution in [2.75, 3.05) is 13.6 Å². The summed E-state index contributed by atoms with van der Waals surface area (Å²) in [6.07, 6.45) is 0.689. The number of rotatable bonds is 3. The lowest BCUT2D eigenvalue weighted by Gasteiger charge is -2.36. The number of furan rings is 1. The standard InChI is InChI=1S/C15H20N2O5/c1-8-6-12(22-9(8)2)14(19)17-7-10(13(18)16-3)4-5-11(17)15(20)21/h6,10-11H,4-5,7H2,1-3H3,(H,16,18)(H,20,21)/t10-,11-/m0/s1. The molecular weight excluding hydrogens is 288 g/mol. The number of carboxylic acids is 1. The molecule has 1 saturated heterocycles. The number of piperidine rings is 1. The molecule has 2 rings (SSSR count). The van der Waals surface area contributed by atoms with Crippen molar-refractivity contribution in [3.05, 3.63) is 23.2 Å². The van der Waals surface area contributed by atoms with Crippen LogP contribution in [0.2, 0.25) is 0 Å². The highest BCUT2D eigenvalue weighted by atomic mass is 16.4. The molecule has 0 saturated carbocycles. The molecule has 0 unspecified atom stereocenters. The molecule has 2 N–H and O–H groups in total. The fourth-order valence-corrected chi connectivity index (χ4v) is 2.69. The van der Waals surface area contributed by atoms with E-state index < -0.39 is 23.8 Å². The average molecular weight is 308 g/mol. The predicted molar refractivity (Wildman–Crippen MR) is 77.4 cm³/mol. The van der Waals surface area contributed by atoms with Gasteiger partial charge in [0.05, 0.1) is 5.92 Å². The highest BCUT2D eigenvalue weighted by Gasteiger charge is 2.39. The first-order valence-corrected chi connectivity index (χ1v) is 7.17. The lowest BCUT2D eigenvalue weighted by atomic mass is 9.91. The molecule has 2 heterocycles. The maximum absolute atomic E-state index is 12.6. The van der Waals surface area contributed by atoms with E-state index in [1.807, 2.05) is 6.92 Å². The summed E-state index contributed by atoms with van der Waals surface area (Å²) < 4.78 is 5.39. The molecule has 120 valence electrons. The van der Waals surface area contributed by atoms with Gasteiger partial charge in [0.2, 0.25) is 5.91 Å². The SMILES string of the molecule is CNC(=O)[C@H]1CC[C@@H](C(=O)O)N(C(=O)c2cc(C)c(C)o2)C1. The Balaban J connectivity index is 2.27. The molecule has 7 heteroatoms. The number of nitrogens with zero attached hydrogens (tertiary/aromatic N) is 1. The summed E-state index contributed by atoms with van der Waals surface area (Å²) in [6.45, 7) is 3.63. The van der Waals surface area contributed by atoms with Crippen LogP contribution in [0, 0.1) is 19.8 Å². The molecule has 0 spiro atoms. The van der Waals surface area contributed by atoms with Gasteiger partial charge in [-0.3, -0.25) is 9.59 Å². The Hall–Kier alpha value is -2.31. The van der Waals surface area contributed by atoms with Gasteiger partial charge in [0.1, 0.15) is 11.8 Å². The van der Waals surface area contributed by atoms with Gasteiger partial charge in [-0.25, -0.2) is 4.79 Å². The summed E-state index contributed by atoms with van der Waals surface area (Å²) in [7, 11) is 1.52. The minimum Gasteiger partial charge on any atom is -0.480 e. The van der Waals surface area contributed by atoms with E-state index in [2.05, 4.69) is 5.32 Å². The van der Waals surface area contributed by atoms with Crippen LogP contribution >= 0.6 is 0 Å². The number of carbonyl (C=O) groups is 3. The Morgan fingerprint density at radius 2 is 2.00 bits per heavy atom. The number of carboxylic acid groups (broad SMARTS) is 1. The van der Waals surface area contributed by atoms with E-state index >= 15 is 0 Å². The van der Waals surface area contributed by atoms with Crippen LogP contribution in [-0.2, 0) is 9.59 Å². The fraction of sp³-hybridized carbons (Fsp3) is 0.533. The van der Waals surface area contributed by atoms with Gasteiger partial charge >= 0.3 is 5.97 Å². The molecule has 0 aromatic carbocycles. The third-order valence-corrected chi connectivity index (χ3v) is 4.12. The van der Waals surface area contributed by atoms with Gasteiger partial charge in [-0.2, -0.15) is 0 Å². The number of nitrogens with one attached hydrogen (secondary N) is 1. The molecule has 1 aromatic heterocycles. The highest BCUT2D eigenvalue weighted by Crippen LogP contribution is 2.25. The van der Waals surface area contributed by atoms with Gasteiger partial charge in [-0.05, 0) is 38.3 Å². The molecule has 22 heavy (non-hydrogen) atoms. The number of hydrogen-bond donors (Lipinski definition) is 2. The first kappa shape index (κ1) is 16.1. The van der Waals surface area contributed by atoms with Crippen LogP contribution in [0.15, 0.2) is 10.5 Å². The number of carbonyl (C=O) groups excluding carboxylic acids is 2. The third kappa shape index (κ3) is 2.98. The second kappa shape index (κ2) is 6.21. The molecule has 0 aliphatic carbocycles. The van der Waals surface area contributed by atoms with Crippen molar-refractivity contribution in [2.24, 2.45) is 5.92 Å². The topological polar surface area (TPSA) is 99.9 Å². The van der Waals surface area contributed by atoms with Crippen LogP contribution < -0.4 is 5.32 Å². The quantitative estimate of drug-likeness (QED) is 0.866. The molecule has 1 aliphatic heterocycles. The minimum absolute atomic E-state index is 0.0776. The van der Waals surface area contributed by atoms with Gasteiger partial charge in [-0.1, -0.05) is 0 Å². The Morgan fingerprint density at radius 1 is 1.32 bits per heavy atom. The lowest BCUT2D eigenvalue weighted by molar-refractivity contribution is -0.145. The maximum atomic E-state index is 12.6. The van der Waals surface area contributed by atoms with Crippen molar-refractivity contribution < 1.29 is 23.9 Å². The van der Waals surface area contributed by atoms with Crippen molar-refractivity contribution in [2.45, 2.75) is 32.7 Å². The summed E-state index contributed by atoms with van der Waals surface area (Å²) >= 11 is 0. The molecule has 2 atom stereocenters. The number of likely N-dealkylation sites (tertiary alicyclic amines) is 1. The van der Waals surface area contributed by atoms with E-state index in [-0.39, 0.29) is 24.6 Å². The first-order chi connectivity index (χ1) is 10.3. The number of hydrogen-bond acceptors (Lipinski definition) is 4. The molecule has 1 aromatic rings. The highest BCUT2D eigenvalue weighted by molar-refractivity contribution is 5.95. The molecule has 1 fully saturated rings. The zero-order valence-corrected chi connectivity index (χ0v) is 12.9. The van der Waals surface area contributed by atoms with Crippen molar-refractivity contribution in [3.8, 4) is 0 Å². The van der Waals surface area contributed by atoms with Gasteiger partial charge in [0.25, 0.3) is 5.91 Å². The monoisotopic (exact) mass is 308 g/mol. The summed E-state index contributed by atoms with van der Waals surface area (Å²) in [5.74, 6) is -1.41. The van der Waals surface area contributed by atoms with Crippen molar-refractivity contribution >= 4 is 17.8 Å². The smallest absolute Gasteiger partial charge is 0.326 e. The largest absolute Gasteiger partial charge is 0.480 e. The third-order valence-electron chi connectivity index (χ3n) is 4.12. The minimum atomic E-state index is -1.07. The lowest BCUT2D eigenvalue weighted by Crippen LogP contribution is -2.53. The normalized spacial score (nSPS) is 21.5. The van der Waals surface area contributed by atoms with Crippen LogP contribution in [0.25, 0.3) is 0 Å².